The number of ketones is 1. The molecule has 5 heterocycles. The Hall–Kier alpha value is -1.59. The Morgan fingerprint density at radius 3 is 2.88 bits per heavy atom. The van der Waals surface area contributed by atoms with Gasteiger partial charge in [-0.25, -0.2) is 0 Å². The van der Waals surface area contributed by atoms with Crippen LogP contribution in [0, 0.1) is 17.8 Å². The first-order valence-corrected chi connectivity index (χ1v) is 9.95. The molecule has 1 saturated carbocycles. The van der Waals surface area contributed by atoms with Crippen LogP contribution in [0.3, 0.4) is 0 Å². The van der Waals surface area contributed by atoms with Gasteiger partial charge in [-0.3, -0.25) is 9.69 Å². The molecule has 6 aliphatic rings. The lowest BCUT2D eigenvalue weighted by Gasteiger charge is -2.62. The maximum atomic E-state index is 13.9. The topological polar surface area (TPSA) is 53.0 Å². The third-order valence-corrected chi connectivity index (χ3v) is 8.49. The molecule has 1 spiro atoms. The lowest BCUT2D eigenvalue weighted by molar-refractivity contribution is -0.207. The SMILES string of the molecule is CCC1C2CC3C4N(C)c5cc(OC)ccc5C45CC(C2C5=O)N3C1O. The minimum absolute atomic E-state index is 0.103. The van der Waals surface area contributed by atoms with E-state index in [0.717, 1.165) is 30.7 Å². The van der Waals surface area contributed by atoms with Crippen molar-refractivity contribution in [1.29, 1.82) is 0 Å². The fourth-order valence-corrected chi connectivity index (χ4v) is 7.72. The molecule has 1 aliphatic carbocycles. The summed E-state index contributed by atoms with van der Waals surface area (Å²) in [6.07, 6.45) is 2.48. The number of piperidine rings is 4. The van der Waals surface area contributed by atoms with Gasteiger partial charge in [0.1, 0.15) is 12.0 Å². The Kier molecular flexibility index (Phi) is 2.75. The number of carbonyl (C=O) groups is 1. The molecule has 4 saturated heterocycles. The second-order valence-corrected chi connectivity index (χ2v) is 8.97. The van der Waals surface area contributed by atoms with Gasteiger partial charge in [0, 0.05) is 42.7 Å². The predicted molar refractivity (Wildman–Crippen MR) is 97.3 cm³/mol. The van der Waals surface area contributed by atoms with Gasteiger partial charge >= 0.3 is 0 Å². The molecule has 1 aromatic rings. The predicted octanol–water partition coefficient (Wildman–Crippen LogP) is 1.77. The Morgan fingerprint density at radius 1 is 1.35 bits per heavy atom. The molecule has 9 unspecified atom stereocenters. The van der Waals surface area contributed by atoms with Crippen molar-refractivity contribution in [2.45, 2.75) is 56.0 Å². The van der Waals surface area contributed by atoms with Gasteiger partial charge in [-0.15, -0.1) is 0 Å². The van der Waals surface area contributed by atoms with Gasteiger partial charge in [0.05, 0.1) is 18.6 Å². The minimum atomic E-state index is -0.388. The van der Waals surface area contributed by atoms with E-state index in [9.17, 15) is 9.90 Å². The third-order valence-electron chi connectivity index (χ3n) is 8.49. The van der Waals surface area contributed by atoms with Crippen LogP contribution in [0.1, 0.15) is 31.7 Å². The maximum Gasteiger partial charge on any atom is 0.150 e. The molecule has 5 nitrogen and oxygen atoms in total. The Bertz CT molecular complexity index is 825. The molecule has 26 heavy (non-hydrogen) atoms. The summed E-state index contributed by atoms with van der Waals surface area (Å²) in [5.74, 6) is 1.98. The van der Waals surface area contributed by atoms with E-state index in [4.69, 9.17) is 4.74 Å². The summed E-state index contributed by atoms with van der Waals surface area (Å²) in [4.78, 5) is 18.6. The van der Waals surface area contributed by atoms with E-state index in [1.165, 1.54) is 5.56 Å². The number of aliphatic hydroxyl groups excluding tert-OH is 1. The van der Waals surface area contributed by atoms with Crippen molar-refractivity contribution in [2.75, 3.05) is 19.1 Å². The van der Waals surface area contributed by atoms with E-state index in [2.05, 4.69) is 35.9 Å². The number of fused-ring (bicyclic) bond motifs is 2. The number of hydrogen-bond donors (Lipinski definition) is 1. The van der Waals surface area contributed by atoms with E-state index >= 15 is 0 Å². The Balaban J connectivity index is 1.57. The summed E-state index contributed by atoms with van der Waals surface area (Å²) in [7, 11) is 3.81. The van der Waals surface area contributed by atoms with Gasteiger partial charge in [0.15, 0.2) is 5.78 Å². The first-order chi connectivity index (χ1) is 12.5. The number of hydrogen-bond acceptors (Lipinski definition) is 5. The number of ether oxygens (including phenoxy) is 1. The highest BCUT2D eigenvalue weighted by atomic mass is 16.5. The van der Waals surface area contributed by atoms with Gasteiger partial charge in [-0.2, -0.15) is 0 Å². The largest absolute Gasteiger partial charge is 0.497 e. The number of aliphatic hydroxyl groups is 1. The normalized spacial score (nSPS) is 49.5. The van der Waals surface area contributed by atoms with Gasteiger partial charge in [0.25, 0.3) is 0 Å². The van der Waals surface area contributed by atoms with Crippen LogP contribution in [0.25, 0.3) is 0 Å². The lowest BCUT2D eigenvalue weighted by Crippen LogP contribution is -2.72. The zero-order chi connectivity index (χ0) is 18.0. The summed E-state index contributed by atoms with van der Waals surface area (Å²) in [5, 5.41) is 11.1. The molecule has 0 radical (unpaired) electrons. The van der Waals surface area contributed by atoms with Crippen LogP contribution >= 0.6 is 0 Å². The van der Waals surface area contributed by atoms with E-state index in [0.29, 0.717) is 11.7 Å². The quantitative estimate of drug-likeness (QED) is 0.877. The average molecular weight is 354 g/mol. The lowest BCUT2D eigenvalue weighted by atomic mass is 9.62. The molecule has 0 aromatic heterocycles. The molecule has 9 atom stereocenters. The van der Waals surface area contributed by atoms with E-state index in [1.54, 1.807) is 7.11 Å². The van der Waals surface area contributed by atoms with Crippen molar-refractivity contribution in [3.63, 3.8) is 0 Å². The number of rotatable bonds is 2. The maximum absolute atomic E-state index is 13.9. The zero-order valence-electron chi connectivity index (χ0n) is 15.6. The van der Waals surface area contributed by atoms with Crippen LogP contribution in [-0.4, -0.2) is 54.3 Å². The highest BCUT2D eigenvalue weighted by molar-refractivity contribution is 6.01. The number of anilines is 1. The van der Waals surface area contributed by atoms with Gasteiger partial charge in [0.2, 0.25) is 0 Å². The smallest absolute Gasteiger partial charge is 0.150 e. The molecule has 5 bridgehead atoms. The third kappa shape index (κ3) is 1.38. The molecule has 5 heteroatoms. The molecular formula is C21H26N2O3. The second kappa shape index (κ2) is 4.63. The van der Waals surface area contributed by atoms with Crippen LogP contribution in [0.4, 0.5) is 5.69 Å². The summed E-state index contributed by atoms with van der Waals surface area (Å²) in [6, 6.07) is 6.83. The fraction of sp³-hybridized carbons (Fsp3) is 0.667. The summed E-state index contributed by atoms with van der Waals surface area (Å²) in [5.41, 5.74) is 1.94. The van der Waals surface area contributed by atoms with Gasteiger partial charge < -0.3 is 14.7 Å². The molecule has 5 fully saturated rings. The van der Waals surface area contributed by atoms with Crippen molar-refractivity contribution >= 4 is 11.5 Å². The Labute approximate surface area is 153 Å². The van der Waals surface area contributed by atoms with Crippen LogP contribution in [0.5, 0.6) is 5.75 Å². The number of nitrogens with zero attached hydrogens (tertiary/aromatic N) is 2. The molecule has 7 rings (SSSR count). The van der Waals surface area contributed by atoms with Crippen molar-refractivity contribution in [3.05, 3.63) is 23.8 Å². The van der Waals surface area contributed by atoms with Crippen molar-refractivity contribution in [2.24, 2.45) is 17.8 Å². The molecule has 1 N–H and O–H groups in total. The number of methoxy groups -OCH3 is 1. The number of Topliss-reactive ketones (excluding diaryl/α,β-unsaturated/α-hetero) is 1. The van der Waals surface area contributed by atoms with E-state index in [1.807, 2.05) is 6.07 Å². The van der Waals surface area contributed by atoms with Gasteiger partial charge in [-0.1, -0.05) is 13.0 Å². The summed E-state index contributed by atoms with van der Waals surface area (Å²) >= 11 is 0. The Morgan fingerprint density at radius 2 is 2.15 bits per heavy atom. The van der Waals surface area contributed by atoms with Gasteiger partial charge in [-0.05, 0) is 36.8 Å². The highest BCUT2D eigenvalue weighted by Crippen LogP contribution is 2.67. The summed E-state index contributed by atoms with van der Waals surface area (Å²) in [6.45, 7) is 2.15. The fourth-order valence-electron chi connectivity index (χ4n) is 7.72. The van der Waals surface area contributed by atoms with Crippen molar-refractivity contribution in [1.82, 2.24) is 4.90 Å². The molecule has 1 aromatic carbocycles. The summed E-state index contributed by atoms with van der Waals surface area (Å²) < 4.78 is 5.44. The molecule has 138 valence electrons. The van der Waals surface area contributed by atoms with E-state index < -0.39 is 0 Å². The molecule has 0 amide bonds. The van der Waals surface area contributed by atoms with E-state index in [-0.39, 0.29) is 41.6 Å². The average Bonchev–Trinajstić information content (AvgIpc) is 3.03. The monoisotopic (exact) mass is 354 g/mol. The van der Waals surface area contributed by atoms with Crippen LogP contribution in [-0.2, 0) is 10.2 Å². The van der Waals surface area contributed by atoms with Crippen LogP contribution in [0.2, 0.25) is 0 Å². The standard InChI is InChI=1S/C21H26N2O3/c1-4-11-12-8-15-18-21(9-16(17(12)19(21)24)23(15)20(11)25)13-6-5-10(26-3)7-14(13)22(18)2/h5-7,11-12,15-18,20,25H,4,8-9H2,1-3H3. The molecular weight excluding hydrogens is 328 g/mol. The first kappa shape index (κ1) is 15.5. The van der Waals surface area contributed by atoms with Crippen molar-refractivity contribution < 1.29 is 14.6 Å². The van der Waals surface area contributed by atoms with Crippen LogP contribution < -0.4 is 9.64 Å². The number of carbonyl (C=O) groups excluding carboxylic acids is 1. The van der Waals surface area contributed by atoms with Crippen LogP contribution in [0.15, 0.2) is 18.2 Å². The zero-order valence-corrected chi connectivity index (χ0v) is 15.6. The minimum Gasteiger partial charge on any atom is -0.497 e. The van der Waals surface area contributed by atoms with Crippen molar-refractivity contribution in [3.8, 4) is 5.75 Å². The second-order valence-electron chi connectivity index (χ2n) is 8.97. The number of likely N-dealkylation sites (N-methyl/N-ethyl adjacent to an activating group) is 1. The first-order valence-electron chi connectivity index (χ1n) is 9.95. The number of benzene rings is 1. The highest BCUT2D eigenvalue weighted by Gasteiger charge is 2.76. The molecule has 5 aliphatic heterocycles.